The molecule has 0 saturated heterocycles. The number of hydrogen-bond acceptors (Lipinski definition) is 4. The number of nitro groups is 1. The fourth-order valence-electron chi connectivity index (χ4n) is 2.04. The fourth-order valence-corrected chi connectivity index (χ4v) is 2.04. The molecule has 0 bridgehead atoms. The number of primary amides is 1. The monoisotopic (exact) mass is 281 g/mol. The zero-order valence-corrected chi connectivity index (χ0v) is 11.2. The highest BCUT2D eigenvalue weighted by Gasteiger charge is 2.16. The summed E-state index contributed by atoms with van der Waals surface area (Å²) in [7, 11) is 0. The van der Waals surface area contributed by atoms with E-state index in [-0.39, 0.29) is 11.3 Å². The first-order chi connectivity index (χ1) is 9.93. The minimum absolute atomic E-state index is 0.0507. The van der Waals surface area contributed by atoms with Crippen LogP contribution in [0, 0.1) is 28.4 Å². The van der Waals surface area contributed by atoms with Crippen molar-refractivity contribution >= 4 is 11.6 Å². The van der Waals surface area contributed by atoms with E-state index in [1.807, 2.05) is 6.07 Å². The number of carbonyl (C=O) groups excluding carboxylic acids is 1. The molecule has 104 valence electrons. The molecule has 0 fully saturated rings. The van der Waals surface area contributed by atoms with Gasteiger partial charge in [0.15, 0.2) is 0 Å². The molecule has 0 heterocycles. The van der Waals surface area contributed by atoms with Crippen molar-refractivity contribution in [1.82, 2.24) is 0 Å². The van der Waals surface area contributed by atoms with Gasteiger partial charge >= 0.3 is 0 Å². The number of nitrogens with two attached hydrogens (primary N) is 1. The predicted octanol–water partition coefficient (Wildman–Crippen LogP) is 2.54. The Balaban J connectivity index is 2.71. The summed E-state index contributed by atoms with van der Waals surface area (Å²) in [5, 5.41) is 20.0. The number of benzene rings is 2. The maximum atomic E-state index is 11.5. The Bertz CT molecular complexity index is 791. The molecule has 6 heteroatoms. The predicted molar refractivity (Wildman–Crippen MR) is 76.5 cm³/mol. The van der Waals surface area contributed by atoms with Crippen LogP contribution in [-0.2, 0) is 0 Å². The third-order valence-electron chi connectivity index (χ3n) is 3.13. The quantitative estimate of drug-likeness (QED) is 0.688. The fraction of sp³-hybridized carbons (Fsp3) is 0.0667. The Morgan fingerprint density at radius 1 is 1.29 bits per heavy atom. The summed E-state index contributed by atoms with van der Waals surface area (Å²) in [6.07, 6.45) is 0. The minimum Gasteiger partial charge on any atom is -0.366 e. The number of hydrogen-bond donors (Lipinski definition) is 1. The first-order valence-electron chi connectivity index (χ1n) is 6.03. The lowest BCUT2D eigenvalue weighted by Crippen LogP contribution is -2.12. The Hall–Kier alpha value is -3.20. The smallest absolute Gasteiger partial charge is 0.272 e. The molecule has 0 atom stereocenters. The van der Waals surface area contributed by atoms with Crippen molar-refractivity contribution in [2.45, 2.75) is 6.92 Å². The molecule has 2 N–H and O–H groups in total. The third-order valence-corrected chi connectivity index (χ3v) is 3.13. The summed E-state index contributed by atoms with van der Waals surface area (Å²) in [5.74, 6) is -0.655. The molecule has 2 rings (SSSR count). The molecule has 0 aromatic heterocycles. The van der Waals surface area contributed by atoms with E-state index in [9.17, 15) is 14.9 Å². The molecule has 0 unspecified atom stereocenters. The zero-order chi connectivity index (χ0) is 15.6. The number of nitrogens with zero attached hydrogens (tertiary/aromatic N) is 2. The van der Waals surface area contributed by atoms with Gasteiger partial charge in [0.2, 0.25) is 5.91 Å². The van der Waals surface area contributed by atoms with Crippen LogP contribution < -0.4 is 5.73 Å². The van der Waals surface area contributed by atoms with Crippen LogP contribution in [0.25, 0.3) is 11.1 Å². The number of rotatable bonds is 3. The van der Waals surface area contributed by atoms with Crippen LogP contribution in [0.2, 0.25) is 0 Å². The lowest BCUT2D eigenvalue weighted by Gasteiger charge is -2.08. The first-order valence-corrected chi connectivity index (χ1v) is 6.03. The summed E-state index contributed by atoms with van der Waals surface area (Å²) in [5.41, 5.74) is 7.22. The van der Waals surface area contributed by atoms with Crippen molar-refractivity contribution in [3.05, 3.63) is 63.2 Å². The molecule has 2 aromatic rings. The van der Waals surface area contributed by atoms with Crippen LogP contribution in [-0.4, -0.2) is 10.8 Å². The topological polar surface area (TPSA) is 110 Å². The van der Waals surface area contributed by atoms with E-state index in [1.165, 1.54) is 24.3 Å². The molecule has 0 aliphatic rings. The molecule has 0 saturated carbocycles. The highest BCUT2D eigenvalue weighted by atomic mass is 16.6. The summed E-state index contributed by atoms with van der Waals surface area (Å²) in [4.78, 5) is 22.0. The van der Waals surface area contributed by atoms with Crippen LogP contribution in [0.15, 0.2) is 36.4 Å². The van der Waals surface area contributed by atoms with Gasteiger partial charge in [-0.2, -0.15) is 5.26 Å². The van der Waals surface area contributed by atoms with Gasteiger partial charge in [0.05, 0.1) is 16.6 Å². The standard InChI is InChI=1S/C15H11N3O3/c1-9-2-4-11(7-14(9)18(20)21)13-6-10(8-16)3-5-12(13)15(17)19/h2-7H,1H3,(H2,17,19). The van der Waals surface area contributed by atoms with E-state index in [1.54, 1.807) is 19.1 Å². The van der Waals surface area contributed by atoms with E-state index < -0.39 is 10.8 Å². The van der Waals surface area contributed by atoms with Crippen molar-refractivity contribution < 1.29 is 9.72 Å². The highest BCUT2D eigenvalue weighted by molar-refractivity contribution is 6.00. The van der Waals surface area contributed by atoms with Gasteiger partial charge in [0.25, 0.3) is 5.69 Å². The Morgan fingerprint density at radius 3 is 2.57 bits per heavy atom. The molecule has 0 spiro atoms. The summed E-state index contributed by atoms with van der Waals surface area (Å²) < 4.78 is 0. The van der Waals surface area contributed by atoms with Crippen LogP contribution in [0.3, 0.4) is 0 Å². The summed E-state index contributed by atoms with van der Waals surface area (Å²) in [6.45, 7) is 1.63. The summed E-state index contributed by atoms with van der Waals surface area (Å²) >= 11 is 0. The second-order valence-corrected chi connectivity index (χ2v) is 4.49. The van der Waals surface area contributed by atoms with Crippen molar-refractivity contribution in [3.63, 3.8) is 0 Å². The van der Waals surface area contributed by atoms with Gasteiger partial charge in [-0.15, -0.1) is 0 Å². The lowest BCUT2D eigenvalue weighted by atomic mass is 9.96. The van der Waals surface area contributed by atoms with Crippen LogP contribution in [0.5, 0.6) is 0 Å². The number of nitro benzene ring substituents is 1. The molecule has 21 heavy (non-hydrogen) atoms. The third kappa shape index (κ3) is 2.72. The van der Waals surface area contributed by atoms with E-state index >= 15 is 0 Å². The second-order valence-electron chi connectivity index (χ2n) is 4.49. The summed E-state index contributed by atoms with van der Waals surface area (Å²) in [6, 6.07) is 11.0. The van der Waals surface area contributed by atoms with Gasteiger partial charge in [-0.25, -0.2) is 0 Å². The molecule has 1 amide bonds. The van der Waals surface area contributed by atoms with Crippen LogP contribution >= 0.6 is 0 Å². The van der Waals surface area contributed by atoms with E-state index in [2.05, 4.69) is 0 Å². The van der Waals surface area contributed by atoms with Crippen LogP contribution in [0.1, 0.15) is 21.5 Å². The Labute approximate surface area is 120 Å². The van der Waals surface area contributed by atoms with Crippen molar-refractivity contribution in [2.24, 2.45) is 5.73 Å². The van der Waals surface area contributed by atoms with Crippen LogP contribution in [0.4, 0.5) is 5.69 Å². The van der Waals surface area contributed by atoms with E-state index in [4.69, 9.17) is 11.0 Å². The average Bonchev–Trinajstić information content (AvgIpc) is 2.46. The number of nitriles is 1. The van der Waals surface area contributed by atoms with Crippen molar-refractivity contribution in [2.75, 3.05) is 0 Å². The largest absolute Gasteiger partial charge is 0.366 e. The normalized spacial score (nSPS) is 9.90. The van der Waals surface area contributed by atoms with Gasteiger partial charge < -0.3 is 5.73 Å². The minimum atomic E-state index is -0.655. The number of aryl methyl sites for hydroxylation is 1. The van der Waals surface area contributed by atoms with Crippen molar-refractivity contribution in [1.29, 1.82) is 5.26 Å². The Morgan fingerprint density at radius 2 is 2.00 bits per heavy atom. The molecule has 0 aliphatic heterocycles. The molecule has 0 aliphatic carbocycles. The number of carbonyl (C=O) groups is 1. The first kappa shape index (κ1) is 14.2. The van der Waals surface area contributed by atoms with Gasteiger partial charge in [0.1, 0.15) is 0 Å². The molecular formula is C15H11N3O3. The van der Waals surface area contributed by atoms with Crippen molar-refractivity contribution in [3.8, 4) is 17.2 Å². The SMILES string of the molecule is Cc1ccc(-c2cc(C#N)ccc2C(N)=O)cc1[N+](=O)[O-]. The molecule has 2 aromatic carbocycles. The van der Waals surface area contributed by atoms with Gasteiger partial charge in [-0.05, 0) is 36.2 Å². The lowest BCUT2D eigenvalue weighted by molar-refractivity contribution is -0.385. The maximum Gasteiger partial charge on any atom is 0.272 e. The maximum absolute atomic E-state index is 11.5. The van der Waals surface area contributed by atoms with E-state index in [0.717, 1.165) is 0 Å². The van der Waals surface area contributed by atoms with Gasteiger partial charge in [-0.3, -0.25) is 14.9 Å². The average molecular weight is 281 g/mol. The van der Waals surface area contributed by atoms with Gasteiger partial charge in [0, 0.05) is 17.2 Å². The number of amides is 1. The second kappa shape index (κ2) is 5.43. The molecule has 0 radical (unpaired) electrons. The zero-order valence-electron chi connectivity index (χ0n) is 11.2. The Kier molecular flexibility index (Phi) is 3.67. The highest BCUT2D eigenvalue weighted by Crippen LogP contribution is 2.29. The molecular weight excluding hydrogens is 270 g/mol. The molecule has 6 nitrogen and oxygen atoms in total. The van der Waals surface area contributed by atoms with E-state index in [0.29, 0.717) is 22.3 Å². The van der Waals surface area contributed by atoms with Gasteiger partial charge in [-0.1, -0.05) is 12.1 Å².